The van der Waals surface area contributed by atoms with Gasteiger partial charge in [0.25, 0.3) is 0 Å². The van der Waals surface area contributed by atoms with E-state index in [4.69, 9.17) is 4.98 Å². The lowest BCUT2D eigenvalue weighted by Gasteiger charge is -2.22. The Balaban J connectivity index is 1.51. The van der Waals surface area contributed by atoms with Crippen LogP contribution in [0.25, 0.3) is 16.2 Å². The molecule has 1 aliphatic carbocycles. The summed E-state index contributed by atoms with van der Waals surface area (Å²) in [6.07, 6.45) is 8.41. The van der Waals surface area contributed by atoms with Gasteiger partial charge in [-0.3, -0.25) is 9.20 Å². The highest BCUT2D eigenvalue weighted by Crippen LogP contribution is 2.26. The van der Waals surface area contributed by atoms with Crippen LogP contribution in [0.5, 0.6) is 0 Å². The predicted molar refractivity (Wildman–Crippen MR) is 105 cm³/mol. The van der Waals surface area contributed by atoms with Crippen molar-refractivity contribution in [2.75, 3.05) is 0 Å². The van der Waals surface area contributed by atoms with E-state index < -0.39 is 0 Å². The number of imidazole rings is 1. The van der Waals surface area contributed by atoms with Gasteiger partial charge in [-0.25, -0.2) is 4.98 Å². The van der Waals surface area contributed by atoms with Crippen molar-refractivity contribution >= 4 is 38.1 Å². The summed E-state index contributed by atoms with van der Waals surface area (Å²) in [6.45, 7) is 0. The van der Waals surface area contributed by atoms with Crippen molar-refractivity contribution in [1.29, 1.82) is 0 Å². The molecule has 0 bridgehead atoms. The van der Waals surface area contributed by atoms with Crippen molar-refractivity contribution in [2.24, 2.45) is 0 Å². The van der Waals surface area contributed by atoms with Crippen LogP contribution < -0.4 is 5.32 Å². The summed E-state index contributed by atoms with van der Waals surface area (Å²) in [6, 6.07) is 8.47. The van der Waals surface area contributed by atoms with Gasteiger partial charge in [-0.1, -0.05) is 47.3 Å². The van der Waals surface area contributed by atoms with Gasteiger partial charge < -0.3 is 5.32 Å². The molecule has 1 fully saturated rings. The summed E-state index contributed by atoms with van der Waals surface area (Å²) < 4.78 is 3.08. The van der Waals surface area contributed by atoms with E-state index in [2.05, 4.69) is 27.3 Å². The molecule has 2 aromatic heterocycles. The fourth-order valence-electron chi connectivity index (χ4n) is 3.43. The number of benzene rings is 1. The minimum atomic E-state index is 0.115. The summed E-state index contributed by atoms with van der Waals surface area (Å²) in [4.78, 5) is 18.0. The number of rotatable bonds is 4. The second kappa shape index (κ2) is 7.30. The molecule has 3 aromatic rings. The van der Waals surface area contributed by atoms with Gasteiger partial charge in [0, 0.05) is 33.3 Å². The Kier molecular flexibility index (Phi) is 4.90. The van der Waals surface area contributed by atoms with Crippen LogP contribution >= 0.6 is 27.3 Å². The van der Waals surface area contributed by atoms with Gasteiger partial charge >= 0.3 is 0 Å². The minimum Gasteiger partial charge on any atom is -0.353 e. The third-order valence-corrected chi connectivity index (χ3v) is 6.10. The summed E-state index contributed by atoms with van der Waals surface area (Å²) in [5.41, 5.74) is 3.01. The Hall–Kier alpha value is -1.66. The number of nitrogens with zero attached hydrogens (tertiary/aromatic N) is 2. The van der Waals surface area contributed by atoms with E-state index in [0.717, 1.165) is 39.2 Å². The molecule has 130 valence electrons. The Labute approximate surface area is 159 Å². The molecular formula is C19H20BrN3OS. The fourth-order valence-corrected chi connectivity index (χ4v) is 4.71. The average Bonchev–Trinajstić information content (AvgIpc) is 3.18. The molecule has 1 aromatic carbocycles. The molecule has 0 radical (unpaired) electrons. The number of carbonyl (C=O) groups excluding carboxylic acids is 1. The monoisotopic (exact) mass is 417 g/mol. The molecule has 1 amide bonds. The molecule has 0 spiro atoms. The largest absolute Gasteiger partial charge is 0.353 e. The van der Waals surface area contributed by atoms with Crippen LogP contribution in [-0.4, -0.2) is 21.3 Å². The summed E-state index contributed by atoms with van der Waals surface area (Å²) in [5, 5.41) is 5.23. The van der Waals surface area contributed by atoms with Gasteiger partial charge in [0.1, 0.15) is 0 Å². The third-order valence-electron chi connectivity index (χ3n) is 4.72. The van der Waals surface area contributed by atoms with Crippen LogP contribution in [0, 0.1) is 0 Å². The number of hydrogen-bond acceptors (Lipinski definition) is 3. The number of hydrogen-bond donors (Lipinski definition) is 1. The number of thiazole rings is 1. The first kappa shape index (κ1) is 16.8. The quantitative estimate of drug-likeness (QED) is 0.661. The van der Waals surface area contributed by atoms with Crippen molar-refractivity contribution < 1.29 is 4.79 Å². The highest BCUT2D eigenvalue weighted by Gasteiger charge is 2.17. The van der Waals surface area contributed by atoms with Gasteiger partial charge in [0.2, 0.25) is 5.91 Å². The maximum atomic E-state index is 12.4. The van der Waals surface area contributed by atoms with Crippen molar-refractivity contribution in [2.45, 2.75) is 44.6 Å². The van der Waals surface area contributed by atoms with Crippen LogP contribution in [0.15, 0.2) is 40.3 Å². The molecule has 1 N–H and O–H groups in total. The molecule has 4 rings (SSSR count). The first-order chi connectivity index (χ1) is 12.2. The van der Waals surface area contributed by atoms with Gasteiger partial charge in [-0.2, -0.15) is 0 Å². The van der Waals surface area contributed by atoms with Crippen LogP contribution in [0.4, 0.5) is 0 Å². The summed E-state index contributed by atoms with van der Waals surface area (Å²) in [5.74, 6) is 0.115. The summed E-state index contributed by atoms with van der Waals surface area (Å²) in [7, 11) is 0. The van der Waals surface area contributed by atoms with Crippen LogP contribution in [0.3, 0.4) is 0 Å². The molecule has 6 heteroatoms. The number of aromatic nitrogens is 2. The van der Waals surface area contributed by atoms with Gasteiger partial charge in [-0.15, -0.1) is 11.3 Å². The zero-order valence-corrected chi connectivity index (χ0v) is 16.3. The van der Waals surface area contributed by atoms with Crippen LogP contribution in [-0.2, 0) is 11.2 Å². The van der Waals surface area contributed by atoms with Crippen molar-refractivity contribution in [1.82, 2.24) is 14.7 Å². The maximum absolute atomic E-state index is 12.4. The normalized spacial score (nSPS) is 15.6. The first-order valence-corrected chi connectivity index (χ1v) is 10.4. The van der Waals surface area contributed by atoms with Crippen LogP contribution in [0.1, 0.15) is 37.8 Å². The molecule has 0 atom stereocenters. The lowest BCUT2D eigenvalue weighted by Crippen LogP contribution is -2.37. The number of halogens is 1. The van der Waals surface area contributed by atoms with E-state index in [1.807, 2.05) is 34.2 Å². The number of fused-ring (bicyclic) bond motifs is 1. The van der Waals surface area contributed by atoms with Crippen LogP contribution in [0.2, 0.25) is 0 Å². The lowest BCUT2D eigenvalue weighted by molar-refractivity contribution is -0.121. The second-order valence-corrected chi connectivity index (χ2v) is 8.35. The van der Waals surface area contributed by atoms with E-state index in [1.54, 1.807) is 11.3 Å². The van der Waals surface area contributed by atoms with E-state index in [0.29, 0.717) is 12.5 Å². The van der Waals surface area contributed by atoms with E-state index in [1.165, 1.54) is 19.3 Å². The molecular weight excluding hydrogens is 398 g/mol. The molecule has 0 saturated heterocycles. The Morgan fingerprint density at radius 1 is 1.32 bits per heavy atom. The molecule has 25 heavy (non-hydrogen) atoms. The van der Waals surface area contributed by atoms with Gasteiger partial charge in [0.15, 0.2) is 4.96 Å². The average molecular weight is 418 g/mol. The van der Waals surface area contributed by atoms with E-state index in [9.17, 15) is 4.79 Å². The predicted octanol–water partition coefficient (Wildman–Crippen LogP) is 4.82. The van der Waals surface area contributed by atoms with Gasteiger partial charge in [0.05, 0.1) is 12.1 Å². The summed E-state index contributed by atoms with van der Waals surface area (Å²) >= 11 is 5.09. The first-order valence-electron chi connectivity index (χ1n) is 8.70. The minimum absolute atomic E-state index is 0.115. The van der Waals surface area contributed by atoms with Gasteiger partial charge in [-0.05, 0) is 25.0 Å². The van der Waals surface area contributed by atoms with Crippen molar-refractivity contribution in [3.63, 3.8) is 0 Å². The Morgan fingerprint density at radius 3 is 2.96 bits per heavy atom. The fraction of sp³-hybridized carbons (Fsp3) is 0.368. The van der Waals surface area contributed by atoms with E-state index in [-0.39, 0.29) is 5.91 Å². The highest BCUT2D eigenvalue weighted by atomic mass is 79.9. The molecule has 0 aliphatic heterocycles. The number of nitrogens with one attached hydrogen (secondary N) is 1. The number of carbonyl (C=O) groups is 1. The molecule has 4 nitrogen and oxygen atoms in total. The Morgan fingerprint density at radius 2 is 2.16 bits per heavy atom. The Bertz CT molecular complexity index is 895. The zero-order chi connectivity index (χ0) is 17.2. The lowest BCUT2D eigenvalue weighted by atomic mass is 9.95. The molecule has 2 heterocycles. The van der Waals surface area contributed by atoms with E-state index >= 15 is 0 Å². The van der Waals surface area contributed by atoms with Crippen molar-refractivity contribution in [3.05, 3.63) is 46.0 Å². The third kappa shape index (κ3) is 3.80. The zero-order valence-electron chi connectivity index (χ0n) is 13.9. The molecule has 0 unspecified atom stereocenters. The number of amides is 1. The maximum Gasteiger partial charge on any atom is 0.226 e. The highest BCUT2D eigenvalue weighted by molar-refractivity contribution is 9.10. The standard InChI is InChI=1S/C19H20BrN3OS/c20-14-6-4-5-13(9-14)17-11-23-16(12-25-19(23)22-17)10-18(24)21-15-7-2-1-3-8-15/h4-6,9,11-12,15H,1-3,7-8,10H2,(H,21,24). The van der Waals surface area contributed by atoms with Crippen molar-refractivity contribution in [3.8, 4) is 11.3 Å². The second-order valence-electron chi connectivity index (χ2n) is 6.60. The molecule has 1 aliphatic rings. The molecule has 1 saturated carbocycles. The smallest absolute Gasteiger partial charge is 0.226 e. The topological polar surface area (TPSA) is 46.4 Å². The SMILES string of the molecule is O=C(Cc1csc2nc(-c3cccc(Br)c3)cn12)NC1CCCCC1.